The summed E-state index contributed by atoms with van der Waals surface area (Å²) >= 11 is 0. The molecular weight excluding hydrogens is 329 g/mol. The molecule has 1 atom stereocenters. The fourth-order valence-corrected chi connectivity index (χ4v) is 3.57. The quantitative estimate of drug-likeness (QED) is 0.684. The Labute approximate surface area is 132 Å². The summed E-state index contributed by atoms with van der Waals surface area (Å²) in [5.74, 6) is -2.27. The van der Waals surface area contributed by atoms with Gasteiger partial charge in [0.1, 0.15) is 12.0 Å². The highest BCUT2D eigenvalue weighted by atomic mass is 32.2. The molecule has 0 spiro atoms. The van der Waals surface area contributed by atoms with Crippen LogP contribution in [0, 0.1) is 5.82 Å². The van der Waals surface area contributed by atoms with Gasteiger partial charge in [0.2, 0.25) is 10.0 Å². The molecule has 2 rings (SSSR count). The van der Waals surface area contributed by atoms with Crippen LogP contribution in [0.15, 0.2) is 29.2 Å². The van der Waals surface area contributed by atoms with E-state index >= 15 is 0 Å². The second-order valence-electron chi connectivity index (χ2n) is 4.68. The van der Waals surface area contributed by atoms with Crippen LogP contribution in [-0.2, 0) is 24.3 Å². The third-order valence-corrected chi connectivity index (χ3v) is 5.14. The van der Waals surface area contributed by atoms with Crippen LogP contribution in [0.5, 0.6) is 0 Å². The van der Waals surface area contributed by atoms with E-state index in [4.69, 9.17) is 4.74 Å². The Bertz CT molecular complexity index is 692. The minimum atomic E-state index is -3.89. The molecule has 2 N–H and O–H groups in total. The summed E-state index contributed by atoms with van der Waals surface area (Å²) in [4.78, 5) is 22.4. The van der Waals surface area contributed by atoms with Crippen LogP contribution < -0.4 is 10.6 Å². The number of benzene rings is 1. The average Bonchev–Trinajstić information content (AvgIpc) is 3.01. The second-order valence-corrected chi connectivity index (χ2v) is 6.57. The lowest BCUT2D eigenvalue weighted by Crippen LogP contribution is -2.46. The zero-order chi connectivity index (χ0) is 17.0. The number of likely N-dealkylation sites (N-methyl/N-ethyl adjacent to an activating group) is 1. The molecule has 1 fully saturated rings. The topological polar surface area (TPSA) is 105 Å². The molecule has 0 saturated carbocycles. The molecule has 0 radical (unpaired) electrons. The van der Waals surface area contributed by atoms with E-state index in [1.807, 2.05) is 0 Å². The first-order valence-electron chi connectivity index (χ1n) is 6.75. The summed E-state index contributed by atoms with van der Waals surface area (Å²) < 4.78 is 44.3. The minimum Gasteiger partial charge on any atom is -0.359 e. The van der Waals surface area contributed by atoms with Crippen molar-refractivity contribution < 1.29 is 27.1 Å². The Morgan fingerprint density at radius 2 is 1.96 bits per heavy atom. The first-order valence-corrected chi connectivity index (χ1v) is 8.19. The molecule has 126 valence electrons. The van der Waals surface area contributed by atoms with E-state index < -0.39 is 33.9 Å². The van der Waals surface area contributed by atoms with E-state index in [2.05, 4.69) is 10.6 Å². The van der Waals surface area contributed by atoms with Gasteiger partial charge in [-0.05, 0) is 24.3 Å². The second kappa shape index (κ2) is 7.02. The number of carbonyl (C=O) groups is 2. The molecule has 0 unspecified atom stereocenters. The van der Waals surface area contributed by atoms with Crippen LogP contribution in [0.4, 0.5) is 4.39 Å². The van der Waals surface area contributed by atoms with Crippen molar-refractivity contribution in [3.8, 4) is 0 Å². The highest BCUT2D eigenvalue weighted by Crippen LogP contribution is 2.22. The number of hydrogen-bond acceptors (Lipinski definition) is 5. The maximum atomic E-state index is 12.9. The summed E-state index contributed by atoms with van der Waals surface area (Å²) in [6.45, 7) is 0.0772. The van der Waals surface area contributed by atoms with Crippen molar-refractivity contribution in [3.05, 3.63) is 30.1 Å². The number of sulfonamides is 1. The summed E-state index contributed by atoms with van der Waals surface area (Å²) in [5.41, 5.74) is 0. The van der Waals surface area contributed by atoms with Gasteiger partial charge in [-0.2, -0.15) is 4.31 Å². The van der Waals surface area contributed by atoms with Crippen molar-refractivity contribution in [3.63, 3.8) is 0 Å². The molecule has 1 aliphatic heterocycles. The molecule has 1 heterocycles. The number of hydrogen-bond donors (Lipinski definition) is 2. The van der Waals surface area contributed by atoms with Gasteiger partial charge >= 0.3 is 11.8 Å². The predicted molar refractivity (Wildman–Crippen MR) is 77.1 cm³/mol. The van der Waals surface area contributed by atoms with Gasteiger partial charge in [-0.3, -0.25) is 9.59 Å². The predicted octanol–water partition coefficient (Wildman–Crippen LogP) is -0.965. The molecule has 23 heavy (non-hydrogen) atoms. The maximum absolute atomic E-state index is 12.9. The molecule has 1 aromatic rings. The smallest absolute Gasteiger partial charge is 0.309 e. The fraction of sp³-hybridized carbons (Fsp3) is 0.385. The Kier molecular flexibility index (Phi) is 5.29. The number of rotatable bonds is 4. The number of nitrogens with zero attached hydrogens (tertiary/aromatic N) is 1. The van der Waals surface area contributed by atoms with E-state index in [0.717, 1.165) is 28.6 Å². The van der Waals surface area contributed by atoms with Crippen LogP contribution in [0.25, 0.3) is 0 Å². The standard InChI is InChI=1S/C13H16FN3O5S/c1-15-12(18)13(19)16-8-11-17(6-7-22-11)23(20,21)10-4-2-9(14)3-5-10/h2-5,11H,6-8H2,1H3,(H,15,18)(H,16,19)/t11-/m1/s1. The van der Waals surface area contributed by atoms with Crippen molar-refractivity contribution in [2.24, 2.45) is 0 Å². The molecule has 10 heteroatoms. The largest absolute Gasteiger partial charge is 0.359 e. The number of ether oxygens (including phenoxy) is 1. The van der Waals surface area contributed by atoms with E-state index in [9.17, 15) is 22.4 Å². The van der Waals surface area contributed by atoms with Gasteiger partial charge in [0.25, 0.3) is 0 Å². The van der Waals surface area contributed by atoms with E-state index in [0.29, 0.717) is 0 Å². The molecule has 8 nitrogen and oxygen atoms in total. The molecule has 0 bridgehead atoms. The molecule has 1 aliphatic rings. The van der Waals surface area contributed by atoms with Crippen molar-refractivity contribution in [2.45, 2.75) is 11.1 Å². The van der Waals surface area contributed by atoms with Crippen LogP contribution in [-0.4, -0.2) is 57.5 Å². The monoisotopic (exact) mass is 345 g/mol. The van der Waals surface area contributed by atoms with Gasteiger partial charge in [-0.15, -0.1) is 0 Å². The number of halogens is 1. The number of carbonyl (C=O) groups excluding carboxylic acids is 2. The summed E-state index contributed by atoms with van der Waals surface area (Å²) in [5, 5.41) is 4.45. The summed E-state index contributed by atoms with van der Waals surface area (Å²) in [6.07, 6.45) is -0.932. The lowest BCUT2D eigenvalue weighted by Gasteiger charge is -2.22. The Hall–Kier alpha value is -2.04. The Morgan fingerprint density at radius 1 is 1.30 bits per heavy atom. The van der Waals surface area contributed by atoms with Crippen LogP contribution in [0.1, 0.15) is 0 Å². The van der Waals surface area contributed by atoms with Gasteiger partial charge in [0, 0.05) is 13.6 Å². The normalized spacial score (nSPS) is 18.6. The summed E-state index contributed by atoms with van der Waals surface area (Å²) in [7, 11) is -2.58. The van der Waals surface area contributed by atoms with Crippen LogP contribution in [0.2, 0.25) is 0 Å². The zero-order valence-electron chi connectivity index (χ0n) is 12.3. The lowest BCUT2D eigenvalue weighted by atomic mass is 10.4. The van der Waals surface area contributed by atoms with Gasteiger partial charge in [-0.25, -0.2) is 12.8 Å². The third kappa shape index (κ3) is 3.84. The molecule has 1 saturated heterocycles. The van der Waals surface area contributed by atoms with Crippen molar-refractivity contribution >= 4 is 21.8 Å². The molecule has 1 aromatic carbocycles. The van der Waals surface area contributed by atoms with Crippen LogP contribution >= 0.6 is 0 Å². The zero-order valence-corrected chi connectivity index (χ0v) is 13.1. The lowest BCUT2D eigenvalue weighted by molar-refractivity contribution is -0.139. The minimum absolute atomic E-state index is 0.0768. The SMILES string of the molecule is CNC(=O)C(=O)NC[C@H]1OCCN1S(=O)(=O)c1ccc(F)cc1. The average molecular weight is 345 g/mol. The maximum Gasteiger partial charge on any atom is 0.309 e. The summed E-state index contributed by atoms with van der Waals surface area (Å²) in [6, 6.07) is 4.41. The fourth-order valence-electron chi connectivity index (χ4n) is 2.06. The number of nitrogens with one attached hydrogen (secondary N) is 2. The first-order chi connectivity index (χ1) is 10.9. The van der Waals surface area contributed by atoms with Gasteiger partial charge in [0.15, 0.2) is 0 Å². The molecule has 2 amide bonds. The van der Waals surface area contributed by atoms with Gasteiger partial charge < -0.3 is 15.4 Å². The third-order valence-electron chi connectivity index (χ3n) is 3.23. The molecule has 0 aromatic heterocycles. The van der Waals surface area contributed by atoms with Gasteiger partial charge in [0.05, 0.1) is 18.0 Å². The van der Waals surface area contributed by atoms with Crippen LogP contribution in [0.3, 0.4) is 0 Å². The first kappa shape index (κ1) is 17.3. The highest BCUT2D eigenvalue weighted by molar-refractivity contribution is 7.89. The Morgan fingerprint density at radius 3 is 2.57 bits per heavy atom. The van der Waals surface area contributed by atoms with E-state index in [1.165, 1.54) is 7.05 Å². The Balaban J connectivity index is 2.10. The van der Waals surface area contributed by atoms with Crippen molar-refractivity contribution in [1.29, 1.82) is 0 Å². The molecule has 0 aliphatic carbocycles. The molecular formula is C13H16FN3O5S. The number of amides is 2. The van der Waals surface area contributed by atoms with Crippen molar-refractivity contribution in [2.75, 3.05) is 26.7 Å². The van der Waals surface area contributed by atoms with Gasteiger partial charge in [-0.1, -0.05) is 0 Å². The van der Waals surface area contributed by atoms with E-state index in [1.54, 1.807) is 0 Å². The van der Waals surface area contributed by atoms with Crippen molar-refractivity contribution in [1.82, 2.24) is 14.9 Å². The highest BCUT2D eigenvalue weighted by Gasteiger charge is 2.36. The van der Waals surface area contributed by atoms with E-state index in [-0.39, 0.29) is 24.6 Å².